The van der Waals surface area contributed by atoms with Gasteiger partial charge < -0.3 is 14.8 Å². The van der Waals surface area contributed by atoms with Crippen molar-refractivity contribution in [3.05, 3.63) is 42.5 Å². The molecule has 4 rings (SSSR count). The first-order valence-corrected chi connectivity index (χ1v) is 8.03. The normalized spacial score (nSPS) is 22.1. The molecule has 2 fully saturated rings. The van der Waals surface area contributed by atoms with Crippen LogP contribution in [-0.2, 0) is 0 Å². The van der Waals surface area contributed by atoms with Gasteiger partial charge in [-0.05, 0) is 56.5 Å². The molecule has 1 unspecified atom stereocenters. The minimum absolute atomic E-state index is 0.450. The van der Waals surface area contributed by atoms with E-state index in [1.165, 1.54) is 55.8 Å². The van der Waals surface area contributed by atoms with Gasteiger partial charge in [-0.1, -0.05) is 0 Å². The van der Waals surface area contributed by atoms with Crippen LogP contribution in [0.1, 0.15) is 37.4 Å². The number of rotatable bonds is 3. The molecule has 0 spiro atoms. The maximum absolute atomic E-state index is 4.36. The molecular weight excluding hydrogens is 260 g/mol. The zero-order chi connectivity index (χ0) is 14.1. The highest BCUT2D eigenvalue weighted by molar-refractivity contribution is 5.52. The van der Waals surface area contributed by atoms with Gasteiger partial charge in [-0.15, -0.1) is 0 Å². The van der Waals surface area contributed by atoms with Crippen LogP contribution in [0.25, 0.3) is 5.69 Å². The molecule has 2 aliphatic heterocycles. The largest absolute Gasteiger partial charge is 0.372 e. The second kappa shape index (κ2) is 5.53. The van der Waals surface area contributed by atoms with E-state index in [-0.39, 0.29) is 0 Å². The Hall–Kier alpha value is -1.81. The fourth-order valence-electron chi connectivity index (χ4n) is 3.52. The second-order valence-corrected chi connectivity index (χ2v) is 6.05. The number of hydrogen-bond acceptors (Lipinski definition) is 3. The quantitative estimate of drug-likeness (QED) is 0.939. The predicted octanol–water partition coefficient (Wildman–Crippen LogP) is 2.90. The SMILES string of the molecule is c1cc(-n2cncc2C2CCCN2)ccc1N1CCCC1. The van der Waals surface area contributed by atoms with Gasteiger partial charge in [-0.2, -0.15) is 0 Å². The van der Waals surface area contributed by atoms with Gasteiger partial charge in [0.2, 0.25) is 0 Å². The Morgan fingerprint density at radius 1 is 1.00 bits per heavy atom. The van der Waals surface area contributed by atoms with Crippen molar-refractivity contribution in [2.75, 3.05) is 24.5 Å². The molecular formula is C17H22N4. The van der Waals surface area contributed by atoms with Crippen molar-refractivity contribution >= 4 is 5.69 Å². The molecule has 0 saturated carbocycles. The van der Waals surface area contributed by atoms with Crippen molar-refractivity contribution in [2.24, 2.45) is 0 Å². The first kappa shape index (κ1) is 12.9. The topological polar surface area (TPSA) is 33.1 Å². The smallest absolute Gasteiger partial charge is 0.0994 e. The number of nitrogens with one attached hydrogen (secondary N) is 1. The Morgan fingerprint density at radius 3 is 2.48 bits per heavy atom. The summed E-state index contributed by atoms with van der Waals surface area (Å²) in [6.07, 6.45) is 9.03. The molecule has 0 bridgehead atoms. The third-order valence-electron chi connectivity index (χ3n) is 4.68. The molecule has 1 aromatic carbocycles. The molecule has 21 heavy (non-hydrogen) atoms. The number of hydrogen-bond donors (Lipinski definition) is 1. The van der Waals surface area contributed by atoms with Crippen molar-refractivity contribution in [3.8, 4) is 5.69 Å². The number of anilines is 1. The molecule has 4 nitrogen and oxygen atoms in total. The second-order valence-electron chi connectivity index (χ2n) is 6.05. The van der Waals surface area contributed by atoms with E-state index in [1.807, 2.05) is 12.5 Å². The van der Waals surface area contributed by atoms with Crippen LogP contribution in [0.5, 0.6) is 0 Å². The average Bonchev–Trinajstić information content (AvgIpc) is 3.27. The zero-order valence-corrected chi connectivity index (χ0v) is 12.3. The van der Waals surface area contributed by atoms with Crippen molar-refractivity contribution in [1.82, 2.24) is 14.9 Å². The monoisotopic (exact) mass is 282 g/mol. The third kappa shape index (κ3) is 2.44. The first-order chi connectivity index (χ1) is 10.4. The van der Waals surface area contributed by atoms with Gasteiger partial charge in [-0.25, -0.2) is 4.98 Å². The lowest BCUT2D eigenvalue weighted by atomic mass is 10.1. The van der Waals surface area contributed by atoms with E-state index in [1.54, 1.807) is 0 Å². The molecule has 110 valence electrons. The van der Waals surface area contributed by atoms with E-state index in [9.17, 15) is 0 Å². The van der Waals surface area contributed by atoms with Gasteiger partial charge in [0.25, 0.3) is 0 Å². The molecule has 0 aliphatic carbocycles. The van der Waals surface area contributed by atoms with Crippen molar-refractivity contribution in [1.29, 1.82) is 0 Å². The van der Waals surface area contributed by atoms with Crippen LogP contribution in [-0.4, -0.2) is 29.2 Å². The summed E-state index contributed by atoms with van der Waals surface area (Å²) in [5, 5.41) is 3.56. The maximum Gasteiger partial charge on any atom is 0.0994 e. The highest BCUT2D eigenvalue weighted by Crippen LogP contribution is 2.26. The first-order valence-electron chi connectivity index (χ1n) is 8.03. The number of imidazole rings is 1. The van der Waals surface area contributed by atoms with Gasteiger partial charge in [-0.3, -0.25) is 0 Å². The molecule has 1 N–H and O–H groups in total. The lowest BCUT2D eigenvalue weighted by molar-refractivity contribution is 0.615. The Kier molecular flexibility index (Phi) is 3.39. The minimum Gasteiger partial charge on any atom is -0.372 e. The predicted molar refractivity (Wildman–Crippen MR) is 85.0 cm³/mol. The lowest BCUT2D eigenvalue weighted by Crippen LogP contribution is -2.18. The number of aromatic nitrogens is 2. The summed E-state index contributed by atoms with van der Waals surface area (Å²) in [4.78, 5) is 6.82. The fraction of sp³-hybridized carbons (Fsp3) is 0.471. The van der Waals surface area contributed by atoms with Gasteiger partial charge in [0.1, 0.15) is 0 Å². The third-order valence-corrected chi connectivity index (χ3v) is 4.68. The highest BCUT2D eigenvalue weighted by atomic mass is 15.1. The maximum atomic E-state index is 4.36. The number of nitrogens with zero attached hydrogens (tertiary/aromatic N) is 3. The van der Waals surface area contributed by atoms with Gasteiger partial charge in [0.05, 0.1) is 18.2 Å². The van der Waals surface area contributed by atoms with E-state index >= 15 is 0 Å². The van der Waals surface area contributed by atoms with Crippen molar-refractivity contribution in [3.63, 3.8) is 0 Å². The summed E-state index contributed by atoms with van der Waals surface area (Å²) in [6.45, 7) is 3.51. The van der Waals surface area contributed by atoms with Crippen LogP contribution in [0.15, 0.2) is 36.8 Å². The Morgan fingerprint density at radius 2 is 1.76 bits per heavy atom. The van der Waals surface area contributed by atoms with Crippen LogP contribution in [0, 0.1) is 0 Å². The number of benzene rings is 1. The van der Waals surface area contributed by atoms with Gasteiger partial charge >= 0.3 is 0 Å². The molecule has 4 heteroatoms. The standard InChI is InChI=1S/C17H22N4/c1-2-11-20(10-1)14-5-7-15(8-6-14)21-13-18-12-17(21)16-4-3-9-19-16/h5-8,12-13,16,19H,1-4,9-11H2. The zero-order valence-electron chi connectivity index (χ0n) is 12.3. The Bertz CT molecular complexity index is 590. The van der Waals surface area contributed by atoms with Gasteiger partial charge in [0, 0.05) is 30.5 Å². The van der Waals surface area contributed by atoms with E-state index in [2.05, 4.69) is 44.0 Å². The van der Waals surface area contributed by atoms with E-state index in [0.717, 1.165) is 6.54 Å². The molecule has 0 radical (unpaired) electrons. The van der Waals surface area contributed by atoms with Crippen molar-refractivity contribution < 1.29 is 0 Å². The van der Waals surface area contributed by atoms with E-state index < -0.39 is 0 Å². The van der Waals surface area contributed by atoms with Gasteiger partial charge in [0.15, 0.2) is 0 Å². The molecule has 2 saturated heterocycles. The summed E-state index contributed by atoms with van der Waals surface area (Å²) in [5.41, 5.74) is 3.83. The highest BCUT2D eigenvalue weighted by Gasteiger charge is 2.20. The van der Waals surface area contributed by atoms with Crippen LogP contribution >= 0.6 is 0 Å². The Balaban J connectivity index is 1.60. The minimum atomic E-state index is 0.450. The average molecular weight is 282 g/mol. The Labute approximate surface area is 125 Å². The molecule has 0 amide bonds. The molecule has 1 aromatic heterocycles. The molecule has 2 aromatic rings. The summed E-state index contributed by atoms with van der Waals surface area (Å²) in [7, 11) is 0. The van der Waals surface area contributed by atoms with Crippen LogP contribution in [0.4, 0.5) is 5.69 Å². The fourth-order valence-corrected chi connectivity index (χ4v) is 3.52. The summed E-state index contributed by atoms with van der Waals surface area (Å²) >= 11 is 0. The lowest BCUT2D eigenvalue weighted by Gasteiger charge is -2.19. The van der Waals surface area contributed by atoms with E-state index in [0.29, 0.717) is 6.04 Å². The van der Waals surface area contributed by atoms with Crippen LogP contribution < -0.4 is 10.2 Å². The van der Waals surface area contributed by atoms with Crippen molar-refractivity contribution in [2.45, 2.75) is 31.7 Å². The molecule has 1 atom stereocenters. The van der Waals surface area contributed by atoms with Crippen LogP contribution in [0.2, 0.25) is 0 Å². The summed E-state index contributed by atoms with van der Waals surface area (Å²) in [6, 6.07) is 9.37. The summed E-state index contributed by atoms with van der Waals surface area (Å²) in [5.74, 6) is 0. The molecule has 3 heterocycles. The summed E-state index contributed by atoms with van der Waals surface area (Å²) < 4.78 is 2.22. The van der Waals surface area contributed by atoms with Crippen LogP contribution in [0.3, 0.4) is 0 Å². The van der Waals surface area contributed by atoms with E-state index in [4.69, 9.17) is 0 Å². The molecule has 2 aliphatic rings.